The van der Waals surface area contributed by atoms with Gasteiger partial charge in [-0.3, -0.25) is 4.79 Å². The molecule has 130 valence electrons. The van der Waals surface area contributed by atoms with Crippen molar-refractivity contribution in [1.29, 1.82) is 0 Å². The number of hydrogen-bond acceptors (Lipinski definition) is 5. The zero-order valence-electron chi connectivity index (χ0n) is 14.7. The second-order valence-corrected chi connectivity index (χ2v) is 6.91. The zero-order valence-corrected chi connectivity index (χ0v) is 14.7. The van der Waals surface area contributed by atoms with Gasteiger partial charge in [0.15, 0.2) is 0 Å². The van der Waals surface area contributed by atoms with E-state index in [1.165, 1.54) is 17.6 Å². The largest absolute Gasteiger partial charge is 0.335 e. The fraction of sp³-hybridized carbons (Fsp3) is 0.421. The molecule has 1 fully saturated rings. The molecule has 3 heterocycles. The SMILES string of the molecule is CC1Cc2ccccc2N1c1cc(C(=O)N2CCN(C)CC2)ncn1. The number of para-hydroxylation sites is 1. The molecular weight excluding hydrogens is 314 g/mol. The zero-order chi connectivity index (χ0) is 17.4. The number of benzene rings is 1. The predicted octanol–water partition coefficient (Wildman–Crippen LogP) is 1.95. The Morgan fingerprint density at radius 1 is 1.12 bits per heavy atom. The third-order valence-corrected chi connectivity index (χ3v) is 5.12. The Kier molecular flexibility index (Phi) is 4.13. The van der Waals surface area contributed by atoms with Gasteiger partial charge >= 0.3 is 0 Å². The first-order valence-corrected chi connectivity index (χ1v) is 8.80. The molecule has 1 aromatic heterocycles. The second-order valence-electron chi connectivity index (χ2n) is 6.91. The monoisotopic (exact) mass is 337 g/mol. The molecule has 1 amide bonds. The summed E-state index contributed by atoms with van der Waals surface area (Å²) >= 11 is 0. The normalized spacial score (nSPS) is 20.6. The van der Waals surface area contributed by atoms with Crippen LogP contribution in [-0.2, 0) is 6.42 Å². The number of piperazine rings is 1. The lowest BCUT2D eigenvalue weighted by molar-refractivity contribution is 0.0658. The first-order chi connectivity index (χ1) is 12.1. The van der Waals surface area contributed by atoms with Gasteiger partial charge in [0.2, 0.25) is 0 Å². The summed E-state index contributed by atoms with van der Waals surface area (Å²) < 4.78 is 0. The molecule has 1 saturated heterocycles. The lowest BCUT2D eigenvalue weighted by Crippen LogP contribution is -2.47. The van der Waals surface area contributed by atoms with Crippen LogP contribution in [0.1, 0.15) is 23.0 Å². The number of anilines is 2. The molecule has 2 aliphatic rings. The molecule has 0 aliphatic carbocycles. The van der Waals surface area contributed by atoms with Gasteiger partial charge in [-0.25, -0.2) is 9.97 Å². The average Bonchev–Trinajstić information content (AvgIpc) is 2.97. The van der Waals surface area contributed by atoms with E-state index in [0.717, 1.165) is 38.4 Å². The van der Waals surface area contributed by atoms with E-state index in [2.05, 4.69) is 51.9 Å². The van der Waals surface area contributed by atoms with Crippen LogP contribution in [0.5, 0.6) is 0 Å². The van der Waals surface area contributed by atoms with Crippen LogP contribution >= 0.6 is 0 Å². The number of fused-ring (bicyclic) bond motifs is 1. The van der Waals surface area contributed by atoms with Gasteiger partial charge in [-0.15, -0.1) is 0 Å². The van der Waals surface area contributed by atoms with Gasteiger partial charge in [0.05, 0.1) is 0 Å². The van der Waals surface area contributed by atoms with Crippen molar-refractivity contribution in [2.75, 3.05) is 38.1 Å². The molecule has 1 atom stereocenters. The summed E-state index contributed by atoms with van der Waals surface area (Å²) in [6, 6.07) is 10.5. The van der Waals surface area contributed by atoms with Crippen LogP contribution in [0.3, 0.4) is 0 Å². The molecule has 0 N–H and O–H groups in total. The van der Waals surface area contributed by atoms with Crippen molar-refractivity contribution in [2.45, 2.75) is 19.4 Å². The van der Waals surface area contributed by atoms with Crippen LogP contribution < -0.4 is 4.90 Å². The summed E-state index contributed by atoms with van der Waals surface area (Å²) in [4.78, 5) is 27.8. The first-order valence-electron chi connectivity index (χ1n) is 8.80. The van der Waals surface area contributed by atoms with E-state index >= 15 is 0 Å². The van der Waals surface area contributed by atoms with Crippen LogP contribution in [0.25, 0.3) is 0 Å². The fourth-order valence-electron chi connectivity index (χ4n) is 3.68. The van der Waals surface area contributed by atoms with Crippen molar-refractivity contribution >= 4 is 17.4 Å². The number of likely N-dealkylation sites (N-methyl/N-ethyl adjacent to an activating group) is 1. The Balaban J connectivity index is 1.61. The lowest BCUT2D eigenvalue weighted by atomic mass is 10.1. The Morgan fingerprint density at radius 2 is 1.88 bits per heavy atom. The van der Waals surface area contributed by atoms with Gasteiger partial charge in [-0.05, 0) is 32.0 Å². The maximum absolute atomic E-state index is 12.8. The summed E-state index contributed by atoms with van der Waals surface area (Å²) in [5.74, 6) is 0.793. The quantitative estimate of drug-likeness (QED) is 0.838. The summed E-state index contributed by atoms with van der Waals surface area (Å²) in [6.07, 6.45) is 2.49. The molecule has 0 saturated carbocycles. The third kappa shape index (κ3) is 2.98. The van der Waals surface area contributed by atoms with Crippen molar-refractivity contribution in [2.24, 2.45) is 0 Å². The maximum atomic E-state index is 12.8. The number of hydrogen-bond donors (Lipinski definition) is 0. The molecule has 6 nitrogen and oxygen atoms in total. The minimum Gasteiger partial charge on any atom is -0.335 e. The number of nitrogens with zero attached hydrogens (tertiary/aromatic N) is 5. The second kappa shape index (κ2) is 6.44. The highest BCUT2D eigenvalue weighted by Crippen LogP contribution is 2.37. The van der Waals surface area contributed by atoms with Crippen LogP contribution in [0.2, 0.25) is 0 Å². The van der Waals surface area contributed by atoms with Crippen molar-refractivity contribution in [3.05, 3.63) is 47.9 Å². The molecule has 2 aromatic rings. The van der Waals surface area contributed by atoms with Crippen molar-refractivity contribution < 1.29 is 4.79 Å². The van der Waals surface area contributed by atoms with E-state index in [9.17, 15) is 4.79 Å². The Bertz CT molecular complexity index is 785. The van der Waals surface area contributed by atoms with Crippen LogP contribution in [-0.4, -0.2) is 64.9 Å². The minimum absolute atomic E-state index is 0.00288. The van der Waals surface area contributed by atoms with Crippen LogP contribution in [0.15, 0.2) is 36.7 Å². The van der Waals surface area contributed by atoms with Gasteiger partial charge < -0.3 is 14.7 Å². The molecule has 1 unspecified atom stereocenters. The van der Waals surface area contributed by atoms with E-state index in [0.29, 0.717) is 11.7 Å². The molecule has 25 heavy (non-hydrogen) atoms. The van der Waals surface area contributed by atoms with Gasteiger partial charge in [0.1, 0.15) is 17.8 Å². The molecule has 1 aromatic carbocycles. The topological polar surface area (TPSA) is 52.6 Å². The van der Waals surface area contributed by atoms with Gasteiger partial charge in [0.25, 0.3) is 5.91 Å². The lowest BCUT2D eigenvalue weighted by Gasteiger charge is -2.32. The average molecular weight is 337 g/mol. The highest BCUT2D eigenvalue weighted by atomic mass is 16.2. The fourth-order valence-corrected chi connectivity index (χ4v) is 3.68. The summed E-state index contributed by atoms with van der Waals surface area (Å²) in [7, 11) is 2.08. The first kappa shape index (κ1) is 16.0. The molecule has 0 spiro atoms. The number of amides is 1. The highest BCUT2D eigenvalue weighted by Gasteiger charge is 2.29. The number of rotatable bonds is 2. The predicted molar refractivity (Wildman–Crippen MR) is 97.2 cm³/mol. The van der Waals surface area contributed by atoms with E-state index in [4.69, 9.17) is 0 Å². The highest BCUT2D eigenvalue weighted by molar-refractivity contribution is 5.93. The Morgan fingerprint density at radius 3 is 2.68 bits per heavy atom. The molecule has 0 radical (unpaired) electrons. The van der Waals surface area contributed by atoms with E-state index in [1.54, 1.807) is 0 Å². The standard InChI is InChI=1S/C19H23N5O/c1-14-11-15-5-3-4-6-17(15)24(14)18-12-16(20-13-21-18)19(25)23-9-7-22(2)8-10-23/h3-6,12-14H,7-11H2,1-2H3. The Labute approximate surface area is 148 Å². The minimum atomic E-state index is -0.00288. The van der Waals surface area contributed by atoms with Crippen LogP contribution in [0, 0.1) is 0 Å². The Hall–Kier alpha value is -2.47. The smallest absolute Gasteiger partial charge is 0.272 e. The maximum Gasteiger partial charge on any atom is 0.272 e. The molecular formula is C19H23N5O. The third-order valence-electron chi connectivity index (χ3n) is 5.12. The van der Waals surface area contributed by atoms with Crippen LogP contribution in [0.4, 0.5) is 11.5 Å². The molecule has 4 rings (SSSR count). The van der Waals surface area contributed by atoms with Gasteiger partial charge in [0, 0.05) is 44.0 Å². The number of aromatic nitrogens is 2. The van der Waals surface area contributed by atoms with E-state index in [-0.39, 0.29) is 5.91 Å². The molecule has 6 heteroatoms. The van der Waals surface area contributed by atoms with Crippen molar-refractivity contribution in [3.8, 4) is 0 Å². The molecule has 0 bridgehead atoms. The van der Waals surface area contributed by atoms with E-state index in [1.807, 2.05) is 17.0 Å². The number of carbonyl (C=O) groups excluding carboxylic acids is 1. The summed E-state index contributed by atoms with van der Waals surface area (Å²) in [5, 5.41) is 0. The number of carbonyl (C=O) groups is 1. The van der Waals surface area contributed by atoms with Gasteiger partial charge in [-0.1, -0.05) is 18.2 Å². The van der Waals surface area contributed by atoms with E-state index < -0.39 is 0 Å². The van der Waals surface area contributed by atoms with Crippen molar-refractivity contribution in [3.63, 3.8) is 0 Å². The van der Waals surface area contributed by atoms with Gasteiger partial charge in [-0.2, -0.15) is 0 Å². The molecule has 2 aliphatic heterocycles. The van der Waals surface area contributed by atoms with Crippen molar-refractivity contribution in [1.82, 2.24) is 19.8 Å². The summed E-state index contributed by atoms with van der Waals surface area (Å²) in [6.45, 7) is 5.49. The summed E-state index contributed by atoms with van der Waals surface area (Å²) in [5.41, 5.74) is 2.97.